The maximum absolute atomic E-state index is 12.8. The molecular formula is C9H4ClF4N3. The minimum atomic E-state index is -4.69. The van der Waals surface area contributed by atoms with E-state index in [2.05, 4.69) is 15.2 Å². The zero-order valence-electron chi connectivity index (χ0n) is 8.02. The number of H-pyrrole nitrogens is 1. The highest BCUT2D eigenvalue weighted by molar-refractivity contribution is 6.28. The third-order valence-corrected chi connectivity index (χ3v) is 2.16. The van der Waals surface area contributed by atoms with Gasteiger partial charge < -0.3 is 0 Å². The summed E-state index contributed by atoms with van der Waals surface area (Å²) in [7, 11) is 0. The molecule has 1 N–H and O–H groups in total. The summed E-state index contributed by atoms with van der Waals surface area (Å²) in [5.74, 6) is -1.22. The molecular weight excluding hydrogens is 262 g/mol. The summed E-state index contributed by atoms with van der Waals surface area (Å²) in [6.45, 7) is 0. The Morgan fingerprint density at radius 1 is 1.24 bits per heavy atom. The first kappa shape index (κ1) is 11.8. The molecule has 90 valence electrons. The Kier molecular flexibility index (Phi) is 2.78. The molecule has 0 spiro atoms. The van der Waals surface area contributed by atoms with E-state index in [0.29, 0.717) is 6.07 Å². The normalized spacial score (nSPS) is 11.8. The van der Waals surface area contributed by atoms with Gasteiger partial charge in [-0.25, -0.2) is 9.49 Å². The van der Waals surface area contributed by atoms with Gasteiger partial charge in [0, 0.05) is 5.56 Å². The lowest BCUT2D eigenvalue weighted by atomic mass is 10.1. The highest BCUT2D eigenvalue weighted by atomic mass is 35.5. The molecule has 0 radical (unpaired) electrons. The predicted octanol–water partition coefficient (Wildman–Crippen LogP) is 3.28. The van der Waals surface area contributed by atoms with E-state index in [1.54, 1.807) is 0 Å². The summed E-state index contributed by atoms with van der Waals surface area (Å²) in [6, 6.07) is 2.24. The second-order valence-electron chi connectivity index (χ2n) is 3.14. The monoisotopic (exact) mass is 265 g/mol. The van der Waals surface area contributed by atoms with E-state index >= 15 is 0 Å². The topological polar surface area (TPSA) is 41.6 Å². The van der Waals surface area contributed by atoms with Crippen LogP contribution in [-0.2, 0) is 6.18 Å². The number of hydrogen-bond acceptors (Lipinski definition) is 2. The first-order chi connectivity index (χ1) is 7.88. The molecule has 1 aromatic carbocycles. The van der Waals surface area contributed by atoms with Gasteiger partial charge in [0.15, 0.2) is 5.82 Å². The predicted molar refractivity (Wildman–Crippen MR) is 51.8 cm³/mol. The van der Waals surface area contributed by atoms with Gasteiger partial charge in [0.05, 0.1) is 5.56 Å². The third kappa shape index (κ3) is 2.38. The Bertz CT molecular complexity index is 549. The lowest BCUT2D eigenvalue weighted by Gasteiger charge is -2.10. The summed E-state index contributed by atoms with van der Waals surface area (Å²) < 4.78 is 50.8. The lowest BCUT2D eigenvalue weighted by molar-refractivity contribution is -0.137. The summed E-state index contributed by atoms with van der Waals surface area (Å²) >= 11 is 5.42. The first-order valence-electron chi connectivity index (χ1n) is 4.33. The van der Waals surface area contributed by atoms with E-state index in [1.807, 2.05) is 0 Å². The summed E-state index contributed by atoms with van der Waals surface area (Å²) in [6.07, 6.45) is -4.69. The molecule has 0 aliphatic heterocycles. The molecule has 1 heterocycles. The lowest BCUT2D eigenvalue weighted by Crippen LogP contribution is -2.08. The second-order valence-corrected chi connectivity index (χ2v) is 3.50. The largest absolute Gasteiger partial charge is 0.417 e. The fourth-order valence-electron chi connectivity index (χ4n) is 1.31. The number of benzene rings is 1. The van der Waals surface area contributed by atoms with E-state index in [9.17, 15) is 17.6 Å². The maximum atomic E-state index is 12.8. The Hall–Kier alpha value is -1.63. The van der Waals surface area contributed by atoms with E-state index in [-0.39, 0.29) is 16.7 Å². The number of aromatic nitrogens is 3. The maximum Gasteiger partial charge on any atom is 0.417 e. The minimum absolute atomic E-state index is 0.141. The number of hydrogen-bond donors (Lipinski definition) is 1. The van der Waals surface area contributed by atoms with Crippen LogP contribution >= 0.6 is 11.6 Å². The number of halogens is 5. The van der Waals surface area contributed by atoms with E-state index in [1.165, 1.54) is 0 Å². The van der Waals surface area contributed by atoms with Crippen LogP contribution in [0.4, 0.5) is 17.6 Å². The molecule has 0 amide bonds. The Labute approximate surface area is 97.4 Å². The molecule has 8 heteroatoms. The summed E-state index contributed by atoms with van der Waals surface area (Å²) in [4.78, 5) is 3.56. The molecule has 2 rings (SSSR count). The molecule has 17 heavy (non-hydrogen) atoms. The molecule has 0 aliphatic carbocycles. The Balaban J connectivity index is 2.61. The van der Waals surface area contributed by atoms with Crippen molar-refractivity contribution < 1.29 is 17.6 Å². The van der Waals surface area contributed by atoms with Crippen LogP contribution < -0.4 is 0 Å². The second kappa shape index (κ2) is 3.99. The van der Waals surface area contributed by atoms with Crippen molar-refractivity contribution in [2.24, 2.45) is 0 Å². The van der Waals surface area contributed by atoms with Crippen LogP contribution in [0.25, 0.3) is 11.4 Å². The molecule has 0 saturated heterocycles. The zero-order chi connectivity index (χ0) is 12.6. The van der Waals surface area contributed by atoms with Crippen molar-refractivity contribution in [2.45, 2.75) is 6.18 Å². The van der Waals surface area contributed by atoms with Gasteiger partial charge in [0.2, 0.25) is 5.28 Å². The van der Waals surface area contributed by atoms with Crippen molar-refractivity contribution in [1.82, 2.24) is 15.2 Å². The van der Waals surface area contributed by atoms with Gasteiger partial charge in [-0.15, -0.1) is 0 Å². The molecule has 1 aromatic heterocycles. The van der Waals surface area contributed by atoms with Crippen LogP contribution in [0.1, 0.15) is 5.56 Å². The highest BCUT2D eigenvalue weighted by Gasteiger charge is 2.35. The Morgan fingerprint density at radius 3 is 2.47 bits per heavy atom. The van der Waals surface area contributed by atoms with Crippen LogP contribution in [0, 0.1) is 5.82 Å². The third-order valence-electron chi connectivity index (χ3n) is 1.99. The number of nitrogens with zero attached hydrogens (tertiary/aromatic N) is 2. The fourth-order valence-corrected chi connectivity index (χ4v) is 1.43. The van der Waals surface area contributed by atoms with Crippen LogP contribution in [0.3, 0.4) is 0 Å². The van der Waals surface area contributed by atoms with Crippen LogP contribution in [0.15, 0.2) is 18.2 Å². The van der Waals surface area contributed by atoms with Crippen LogP contribution in [-0.4, -0.2) is 15.2 Å². The summed E-state index contributed by atoms with van der Waals surface area (Å²) in [5, 5.41) is 5.56. The van der Waals surface area contributed by atoms with Gasteiger partial charge in [0.1, 0.15) is 5.82 Å². The average molecular weight is 266 g/mol. The van der Waals surface area contributed by atoms with Gasteiger partial charge in [-0.05, 0) is 29.8 Å². The summed E-state index contributed by atoms with van der Waals surface area (Å²) in [5.41, 5.74) is -1.48. The minimum Gasteiger partial charge on any atom is -0.249 e. The van der Waals surface area contributed by atoms with E-state index in [0.717, 1.165) is 12.1 Å². The van der Waals surface area contributed by atoms with Gasteiger partial charge in [0.25, 0.3) is 0 Å². The molecule has 0 aliphatic rings. The quantitative estimate of drug-likeness (QED) is 0.804. The van der Waals surface area contributed by atoms with E-state index < -0.39 is 17.6 Å². The molecule has 0 saturated carbocycles. The first-order valence-corrected chi connectivity index (χ1v) is 4.71. The van der Waals surface area contributed by atoms with Crippen molar-refractivity contribution in [2.75, 3.05) is 0 Å². The van der Waals surface area contributed by atoms with Gasteiger partial charge >= 0.3 is 6.18 Å². The molecule has 3 nitrogen and oxygen atoms in total. The van der Waals surface area contributed by atoms with Crippen molar-refractivity contribution in [3.05, 3.63) is 34.9 Å². The van der Waals surface area contributed by atoms with Crippen LogP contribution in [0.2, 0.25) is 5.28 Å². The highest BCUT2D eigenvalue weighted by Crippen LogP contribution is 2.36. The Morgan fingerprint density at radius 2 is 1.94 bits per heavy atom. The smallest absolute Gasteiger partial charge is 0.249 e. The van der Waals surface area contributed by atoms with Crippen molar-refractivity contribution in [1.29, 1.82) is 0 Å². The van der Waals surface area contributed by atoms with Crippen LogP contribution in [0.5, 0.6) is 0 Å². The van der Waals surface area contributed by atoms with Crippen molar-refractivity contribution >= 4 is 11.6 Å². The molecule has 0 unspecified atom stereocenters. The molecule has 2 aromatic rings. The number of rotatable bonds is 1. The molecule has 0 fully saturated rings. The van der Waals surface area contributed by atoms with Crippen molar-refractivity contribution in [3.8, 4) is 11.4 Å². The molecule has 0 bridgehead atoms. The number of nitrogens with one attached hydrogen (secondary N) is 1. The zero-order valence-corrected chi connectivity index (χ0v) is 8.77. The van der Waals surface area contributed by atoms with Gasteiger partial charge in [-0.2, -0.15) is 23.3 Å². The molecule has 0 atom stereocenters. The average Bonchev–Trinajstić information content (AvgIpc) is 2.63. The van der Waals surface area contributed by atoms with E-state index in [4.69, 9.17) is 11.6 Å². The SMILES string of the molecule is Fc1ccc(-c2n[nH]c(Cl)n2)c(C(F)(F)F)c1. The number of alkyl halides is 3. The number of aromatic amines is 1. The van der Waals surface area contributed by atoms with Crippen molar-refractivity contribution in [3.63, 3.8) is 0 Å². The standard InChI is InChI=1S/C9H4ClF4N3/c10-8-15-7(16-17-8)5-2-1-4(11)3-6(5)9(12,13)14/h1-3H,(H,15,16,17). The van der Waals surface area contributed by atoms with Gasteiger partial charge in [-0.1, -0.05) is 0 Å². The fraction of sp³-hybridized carbons (Fsp3) is 0.111. The van der Waals surface area contributed by atoms with Gasteiger partial charge in [-0.3, -0.25) is 0 Å².